The zero-order chi connectivity index (χ0) is 23.5. The minimum Gasteiger partial charge on any atom is -0.493 e. The van der Waals surface area contributed by atoms with Gasteiger partial charge in [0.05, 0.1) is 32.1 Å². The van der Waals surface area contributed by atoms with Crippen molar-refractivity contribution < 1.29 is 18.7 Å². The quantitative estimate of drug-likeness (QED) is 0.562. The number of amides is 1. The van der Waals surface area contributed by atoms with Gasteiger partial charge in [-0.05, 0) is 31.5 Å². The largest absolute Gasteiger partial charge is 0.493 e. The van der Waals surface area contributed by atoms with E-state index >= 15 is 0 Å². The lowest BCUT2D eigenvalue weighted by atomic mass is 10.1. The lowest BCUT2D eigenvalue weighted by Gasteiger charge is -2.21. The van der Waals surface area contributed by atoms with E-state index in [1.54, 1.807) is 33.3 Å². The first-order valence-corrected chi connectivity index (χ1v) is 11.2. The van der Waals surface area contributed by atoms with Crippen LogP contribution in [0.4, 0.5) is 0 Å². The molecule has 3 aromatic rings. The Balaban J connectivity index is 1.44. The first kappa shape index (κ1) is 23.1. The number of halogens is 1. The summed E-state index contributed by atoms with van der Waals surface area (Å²) in [6.45, 7) is 6.69. The topological polar surface area (TPSA) is 94.6 Å². The number of methoxy groups -OCH3 is 2. The van der Waals surface area contributed by atoms with Gasteiger partial charge >= 0.3 is 0 Å². The van der Waals surface area contributed by atoms with E-state index in [0.29, 0.717) is 40.9 Å². The Bertz CT molecular complexity index is 1140. The van der Waals surface area contributed by atoms with Gasteiger partial charge in [0.2, 0.25) is 0 Å². The Morgan fingerprint density at radius 1 is 1.21 bits per heavy atom. The Labute approximate surface area is 197 Å². The van der Waals surface area contributed by atoms with Crippen molar-refractivity contribution in [2.75, 3.05) is 27.3 Å². The zero-order valence-corrected chi connectivity index (χ0v) is 20.0. The van der Waals surface area contributed by atoms with Crippen LogP contribution in [-0.4, -0.2) is 52.9 Å². The molecule has 33 heavy (non-hydrogen) atoms. The van der Waals surface area contributed by atoms with Crippen LogP contribution in [-0.2, 0) is 19.5 Å². The number of fused-ring (bicyclic) bond motifs is 1. The molecule has 10 heteroatoms. The smallest absolute Gasteiger partial charge is 0.255 e. The van der Waals surface area contributed by atoms with E-state index in [9.17, 15) is 4.79 Å². The highest BCUT2D eigenvalue weighted by molar-refractivity contribution is 6.31. The molecule has 0 radical (unpaired) electrons. The Hall–Kier alpha value is -3.04. The van der Waals surface area contributed by atoms with Crippen molar-refractivity contribution in [3.8, 4) is 11.5 Å². The molecule has 0 saturated carbocycles. The summed E-state index contributed by atoms with van der Waals surface area (Å²) in [7, 11) is 3.21. The van der Waals surface area contributed by atoms with Gasteiger partial charge in [0.25, 0.3) is 5.91 Å². The lowest BCUT2D eigenvalue weighted by Crippen LogP contribution is -2.30. The Kier molecular flexibility index (Phi) is 6.90. The van der Waals surface area contributed by atoms with Crippen molar-refractivity contribution in [1.82, 2.24) is 25.0 Å². The van der Waals surface area contributed by atoms with Crippen molar-refractivity contribution in [2.24, 2.45) is 0 Å². The number of nitrogens with one attached hydrogen (secondary N) is 1. The third-order valence-electron chi connectivity index (χ3n) is 5.93. The van der Waals surface area contributed by atoms with E-state index < -0.39 is 0 Å². The number of carbonyl (C=O) groups is 1. The minimum atomic E-state index is -0.292. The summed E-state index contributed by atoms with van der Waals surface area (Å²) >= 11 is 6.50. The van der Waals surface area contributed by atoms with Crippen LogP contribution in [0, 0.1) is 6.92 Å². The third kappa shape index (κ3) is 4.84. The minimum absolute atomic E-state index is 0.190. The number of benzene rings is 1. The zero-order valence-electron chi connectivity index (χ0n) is 19.2. The van der Waals surface area contributed by atoms with Crippen LogP contribution in [0.3, 0.4) is 0 Å². The molecule has 1 aliphatic heterocycles. The maximum atomic E-state index is 12.6. The van der Waals surface area contributed by atoms with E-state index in [1.807, 2.05) is 13.0 Å². The molecule has 176 valence electrons. The summed E-state index contributed by atoms with van der Waals surface area (Å²) in [5.41, 5.74) is 1.50. The summed E-state index contributed by atoms with van der Waals surface area (Å²) < 4.78 is 18.1. The fraction of sp³-hybridized carbons (Fsp3) is 0.435. The Morgan fingerprint density at radius 2 is 1.97 bits per heavy atom. The molecule has 0 aliphatic carbocycles. The summed E-state index contributed by atoms with van der Waals surface area (Å²) in [4.78, 5) is 14.9. The van der Waals surface area contributed by atoms with Crippen LogP contribution in [0.1, 0.15) is 46.3 Å². The third-order valence-corrected chi connectivity index (χ3v) is 6.28. The number of aryl methyl sites for hydroxylation is 1. The average molecular weight is 474 g/mol. The molecule has 1 N–H and O–H groups in total. The molecule has 1 aromatic carbocycles. The van der Waals surface area contributed by atoms with Crippen molar-refractivity contribution >= 4 is 17.5 Å². The predicted octanol–water partition coefficient (Wildman–Crippen LogP) is 3.40. The fourth-order valence-corrected chi connectivity index (χ4v) is 4.30. The van der Waals surface area contributed by atoms with Crippen LogP contribution >= 0.6 is 11.6 Å². The van der Waals surface area contributed by atoms with E-state index in [0.717, 1.165) is 36.7 Å². The standard InChI is InChI=1S/C23H28ClN5O4/c1-14(25-23(30)17-6-10-33-15(17)2)22-27-26-21-5-7-28(8-9-29(21)22)13-16-11-19(31-3)20(32-4)12-18(16)24/h6,10-12,14H,5,7-9,13H2,1-4H3,(H,25,30)/t14-/m0/s1. The molecule has 2 aromatic heterocycles. The number of hydrogen-bond acceptors (Lipinski definition) is 7. The molecule has 0 bridgehead atoms. The van der Waals surface area contributed by atoms with Gasteiger partial charge in [0, 0.05) is 43.7 Å². The van der Waals surface area contributed by atoms with Gasteiger partial charge in [0.15, 0.2) is 17.3 Å². The molecule has 1 amide bonds. The molecule has 9 nitrogen and oxygen atoms in total. The number of nitrogens with zero attached hydrogens (tertiary/aromatic N) is 4. The van der Waals surface area contributed by atoms with E-state index in [4.69, 9.17) is 25.5 Å². The second-order valence-electron chi connectivity index (χ2n) is 8.04. The number of carbonyl (C=O) groups excluding carboxylic acids is 1. The van der Waals surface area contributed by atoms with Gasteiger partial charge in [-0.25, -0.2) is 0 Å². The first-order valence-electron chi connectivity index (χ1n) is 10.8. The van der Waals surface area contributed by atoms with Gasteiger partial charge in [-0.15, -0.1) is 10.2 Å². The number of ether oxygens (including phenoxy) is 2. The van der Waals surface area contributed by atoms with E-state index in [-0.39, 0.29) is 11.9 Å². The summed E-state index contributed by atoms with van der Waals surface area (Å²) in [5.74, 6) is 3.31. The van der Waals surface area contributed by atoms with Crippen molar-refractivity contribution in [3.63, 3.8) is 0 Å². The number of rotatable bonds is 7. The normalized spacial score (nSPS) is 14.9. The highest BCUT2D eigenvalue weighted by atomic mass is 35.5. The van der Waals surface area contributed by atoms with Crippen molar-refractivity contribution in [1.29, 1.82) is 0 Å². The van der Waals surface area contributed by atoms with Crippen LogP contribution < -0.4 is 14.8 Å². The van der Waals surface area contributed by atoms with Crippen molar-refractivity contribution in [2.45, 2.75) is 39.4 Å². The maximum Gasteiger partial charge on any atom is 0.255 e. The maximum absolute atomic E-state index is 12.6. The fourth-order valence-electron chi connectivity index (χ4n) is 4.09. The van der Waals surface area contributed by atoms with Gasteiger partial charge < -0.3 is 23.8 Å². The van der Waals surface area contributed by atoms with Crippen LogP contribution in [0.25, 0.3) is 0 Å². The molecule has 3 heterocycles. The van der Waals surface area contributed by atoms with Gasteiger partial charge in [-0.1, -0.05) is 11.6 Å². The second-order valence-corrected chi connectivity index (χ2v) is 8.44. The molecule has 1 atom stereocenters. The van der Waals surface area contributed by atoms with E-state index in [1.165, 1.54) is 6.26 Å². The SMILES string of the molecule is COc1cc(Cl)c(CN2CCc3nnc([C@H](C)NC(=O)c4ccoc4C)n3CC2)cc1OC. The van der Waals surface area contributed by atoms with Crippen LogP contribution in [0.15, 0.2) is 28.9 Å². The van der Waals surface area contributed by atoms with Gasteiger partial charge in [-0.3, -0.25) is 9.69 Å². The number of furan rings is 1. The molecule has 0 unspecified atom stereocenters. The van der Waals surface area contributed by atoms with Crippen LogP contribution in [0.5, 0.6) is 11.5 Å². The van der Waals surface area contributed by atoms with Gasteiger partial charge in [-0.2, -0.15) is 0 Å². The monoisotopic (exact) mass is 473 g/mol. The number of hydrogen-bond donors (Lipinski definition) is 1. The molecule has 4 rings (SSSR count). The van der Waals surface area contributed by atoms with Crippen LogP contribution in [0.2, 0.25) is 5.02 Å². The molecular formula is C23H28ClN5O4. The van der Waals surface area contributed by atoms with Gasteiger partial charge in [0.1, 0.15) is 11.6 Å². The molecular weight excluding hydrogens is 446 g/mol. The Morgan fingerprint density at radius 3 is 2.67 bits per heavy atom. The summed E-state index contributed by atoms with van der Waals surface area (Å²) in [5, 5.41) is 12.4. The molecule has 0 spiro atoms. The highest BCUT2D eigenvalue weighted by Crippen LogP contribution is 2.33. The second kappa shape index (κ2) is 9.84. The lowest BCUT2D eigenvalue weighted by molar-refractivity contribution is 0.0936. The predicted molar refractivity (Wildman–Crippen MR) is 123 cm³/mol. The molecule has 1 aliphatic rings. The van der Waals surface area contributed by atoms with Crippen molar-refractivity contribution in [3.05, 3.63) is 58.0 Å². The summed E-state index contributed by atoms with van der Waals surface area (Å²) in [6, 6.07) is 5.08. The molecule has 0 fully saturated rings. The summed E-state index contributed by atoms with van der Waals surface area (Å²) in [6.07, 6.45) is 2.26. The molecule has 0 saturated heterocycles. The average Bonchev–Trinajstić information content (AvgIpc) is 3.37. The number of aromatic nitrogens is 3. The first-order chi connectivity index (χ1) is 15.9. The highest BCUT2D eigenvalue weighted by Gasteiger charge is 2.24. The van der Waals surface area contributed by atoms with E-state index in [2.05, 4.69) is 25.0 Å².